The van der Waals surface area contributed by atoms with E-state index in [-0.39, 0.29) is 5.76 Å². The Morgan fingerprint density at radius 1 is 1.00 bits per heavy atom. The van der Waals surface area contributed by atoms with E-state index in [0.717, 1.165) is 22.3 Å². The summed E-state index contributed by atoms with van der Waals surface area (Å²) in [6.07, 6.45) is 0.409. The summed E-state index contributed by atoms with van der Waals surface area (Å²) in [5.74, 6) is -8.18. The highest BCUT2D eigenvalue weighted by molar-refractivity contribution is 6.02. The minimum atomic E-state index is -1.86. The highest BCUT2D eigenvalue weighted by atomic mass is 19.2. The standard InChI is InChI=1S/C20H16F4N2O2/c1-9-6-10(2)13(11(3)7-9)8-12-4-5-14(28-12)20(27)25-17-15(21)18(23)26-19(24)16(17)22/h4-7H,8H2,1-3H3,(H,25,26,27). The van der Waals surface area contributed by atoms with E-state index in [1.807, 2.05) is 32.9 Å². The van der Waals surface area contributed by atoms with E-state index >= 15 is 0 Å². The van der Waals surface area contributed by atoms with Gasteiger partial charge in [0.1, 0.15) is 11.4 Å². The van der Waals surface area contributed by atoms with Gasteiger partial charge in [-0.25, -0.2) is 0 Å². The second-order valence-electron chi connectivity index (χ2n) is 6.47. The molecule has 0 saturated carbocycles. The van der Waals surface area contributed by atoms with Crippen molar-refractivity contribution in [3.05, 3.63) is 81.6 Å². The molecule has 28 heavy (non-hydrogen) atoms. The zero-order chi connectivity index (χ0) is 20.6. The van der Waals surface area contributed by atoms with Crippen LogP contribution in [0.25, 0.3) is 0 Å². The normalized spacial score (nSPS) is 11.0. The number of nitrogens with zero attached hydrogens (tertiary/aromatic N) is 1. The molecule has 0 atom stereocenters. The number of hydrogen-bond donors (Lipinski definition) is 1. The summed E-state index contributed by atoms with van der Waals surface area (Å²) in [5, 5.41) is 1.78. The van der Waals surface area contributed by atoms with Gasteiger partial charge in [-0.15, -0.1) is 0 Å². The topological polar surface area (TPSA) is 55.1 Å². The fourth-order valence-electron chi connectivity index (χ4n) is 3.03. The highest BCUT2D eigenvalue weighted by Crippen LogP contribution is 2.24. The van der Waals surface area contributed by atoms with Crippen LogP contribution in [-0.4, -0.2) is 10.9 Å². The molecule has 0 aliphatic heterocycles. The summed E-state index contributed by atoms with van der Waals surface area (Å²) >= 11 is 0. The van der Waals surface area contributed by atoms with Gasteiger partial charge >= 0.3 is 0 Å². The first kappa shape index (κ1) is 19.6. The third-order valence-electron chi connectivity index (χ3n) is 4.31. The quantitative estimate of drug-likeness (QED) is 0.502. The molecule has 2 heterocycles. The van der Waals surface area contributed by atoms with E-state index in [1.165, 1.54) is 6.07 Å². The van der Waals surface area contributed by atoms with Crippen molar-refractivity contribution in [1.82, 2.24) is 4.98 Å². The zero-order valence-electron chi connectivity index (χ0n) is 15.3. The lowest BCUT2D eigenvalue weighted by atomic mass is 9.97. The van der Waals surface area contributed by atoms with Crippen molar-refractivity contribution in [2.45, 2.75) is 27.2 Å². The van der Waals surface area contributed by atoms with Crippen LogP contribution in [0.5, 0.6) is 0 Å². The van der Waals surface area contributed by atoms with Crippen molar-refractivity contribution in [3.63, 3.8) is 0 Å². The fraction of sp³-hybridized carbons (Fsp3) is 0.200. The van der Waals surface area contributed by atoms with Crippen LogP contribution in [0.2, 0.25) is 0 Å². The van der Waals surface area contributed by atoms with Gasteiger partial charge in [-0.1, -0.05) is 17.7 Å². The van der Waals surface area contributed by atoms with Crippen LogP contribution in [0.4, 0.5) is 23.2 Å². The van der Waals surface area contributed by atoms with Gasteiger partial charge in [-0.05, 0) is 49.6 Å². The van der Waals surface area contributed by atoms with Crippen LogP contribution in [0.15, 0.2) is 28.7 Å². The minimum absolute atomic E-state index is 0.256. The Hall–Kier alpha value is -3.16. The molecule has 0 unspecified atom stereocenters. The summed E-state index contributed by atoms with van der Waals surface area (Å²) in [4.78, 5) is 14.6. The molecule has 0 saturated heterocycles. The van der Waals surface area contributed by atoms with E-state index in [4.69, 9.17) is 4.42 Å². The number of anilines is 1. The van der Waals surface area contributed by atoms with Crippen LogP contribution in [0.1, 0.15) is 38.6 Å². The molecule has 1 aromatic carbocycles. The molecule has 1 N–H and O–H groups in total. The monoisotopic (exact) mass is 392 g/mol. The van der Waals surface area contributed by atoms with E-state index in [2.05, 4.69) is 4.98 Å². The Bertz CT molecular complexity index is 1030. The summed E-state index contributed by atoms with van der Waals surface area (Å²) < 4.78 is 59.0. The van der Waals surface area contributed by atoms with Crippen LogP contribution in [-0.2, 0) is 6.42 Å². The number of carbonyl (C=O) groups excluding carboxylic acids is 1. The lowest BCUT2D eigenvalue weighted by Gasteiger charge is -2.10. The van der Waals surface area contributed by atoms with Crippen molar-refractivity contribution in [2.24, 2.45) is 0 Å². The molecule has 0 fully saturated rings. The second-order valence-corrected chi connectivity index (χ2v) is 6.47. The molecule has 3 rings (SSSR count). The average Bonchev–Trinajstić information content (AvgIpc) is 3.09. The summed E-state index contributed by atoms with van der Waals surface area (Å²) in [7, 11) is 0. The maximum Gasteiger partial charge on any atom is 0.291 e. The molecule has 146 valence electrons. The molecular weight excluding hydrogens is 376 g/mol. The highest BCUT2D eigenvalue weighted by Gasteiger charge is 2.24. The maximum absolute atomic E-state index is 13.6. The number of furan rings is 1. The van der Waals surface area contributed by atoms with Gasteiger partial charge in [0.25, 0.3) is 17.8 Å². The molecule has 4 nitrogen and oxygen atoms in total. The number of aromatic nitrogens is 1. The number of pyridine rings is 1. The predicted octanol–water partition coefficient (Wildman–Crippen LogP) is 5.00. The number of nitrogens with one attached hydrogen (secondary N) is 1. The van der Waals surface area contributed by atoms with Gasteiger partial charge in [-0.2, -0.15) is 22.5 Å². The van der Waals surface area contributed by atoms with Crippen LogP contribution in [0, 0.1) is 44.3 Å². The largest absolute Gasteiger partial charge is 0.456 e. The lowest BCUT2D eigenvalue weighted by molar-refractivity contribution is 0.0994. The second kappa shape index (κ2) is 7.46. The van der Waals surface area contributed by atoms with Crippen LogP contribution >= 0.6 is 0 Å². The average molecular weight is 392 g/mol. The summed E-state index contributed by atoms with van der Waals surface area (Å²) in [6, 6.07) is 6.91. The number of amides is 1. The Labute approximate surface area is 158 Å². The third-order valence-corrected chi connectivity index (χ3v) is 4.31. The van der Waals surface area contributed by atoms with Crippen molar-refractivity contribution >= 4 is 11.6 Å². The van der Waals surface area contributed by atoms with Gasteiger partial charge < -0.3 is 9.73 Å². The summed E-state index contributed by atoms with van der Waals surface area (Å²) in [6.45, 7) is 5.91. The first-order valence-corrected chi connectivity index (χ1v) is 8.34. The van der Waals surface area contributed by atoms with E-state index in [1.54, 1.807) is 11.4 Å². The van der Waals surface area contributed by atoms with Crippen molar-refractivity contribution in [2.75, 3.05) is 5.32 Å². The van der Waals surface area contributed by atoms with Crippen LogP contribution < -0.4 is 5.32 Å². The number of hydrogen-bond acceptors (Lipinski definition) is 3. The Balaban J connectivity index is 1.83. The zero-order valence-corrected chi connectivity index (χ0v) is 15.3. The summed E-state index contributed by atoms with van der Waals surface area (Å²) in [5.41, 5.74) is 3.01. The first-order chi connectivity index (χ1) is 13.2. The Morgan fingerprint density at radius 2 is 1.57 bits per heavy atom. The van der Waals surface area contributed by atoms with Gasteiger partial charge in [-0.3, -0.25) is 4.79 Å². The number of halogens is 4. The molecule has 0 aliphatic rings. The lowest BCUT2D eigenvalue weighted by Crippen LogP contribution is -2.16. The molecule has 0 aliphatic carbocycles. The number of aryl methyl sites for hydroxylation is 3. The van der Waals surface area contributed by atoms with Crippen molar-refractivity contribution in [3.8, 4) is 0 Å². The molecule has 0 bridgehead atoms. The molecule has 8 heteroatoms. The molecule has 1 amide bonds. The van der Waals surface area contributed by atoms with Crippen molar-refractivity contribution < 1.29 is 26.8 Å². The fourth-order valence-corrected chi connectivity index (χ4v) is 3.03. The third kappa shape index (κ3) is 3.76. The molecule has 0 radical (unpaired) electrons. The van der Waals surface area contributed by atoms with Crippen molar-refractivity contribution in [1.29, 1.82) is 0 Å². The Morgan fingerprint density at radius 3 is 2.14 bits per heavy atom. The number of benzene rings is 1. The van der Waals surface area contributed by atoms with Gasteiger partial charge in [0, 0.05) is 6.42 Å². The SMILES string of the molecule is Cc1cc(C)c(Cc2ccc(C(=O)Nc3c(F)c(F)nc(F)c3F)o2)c(C)c1. The minimum Gasteiger partial charge on any atom is -0.456 e. The molecular formula is C20H16F4N2O2. The number of carbonyl (C=O) groups is 1. The van der Waals surface area contributed by atoms with E-state index in [9.17, 15) is 22.4 Å². The van der Waals surface area contributed by atoms with E-state index < -0.39 is 35.1 Å². The number of rotatable bonds is 4. The van der Waals surface area contributed by atoms with Crippen LogP contribution in [0.3, 0.4) is 0 Å². The molecule has 3 aromatic rings. The smallest absolute Gasteiger partial charge is 0.291 e. The van der Waals surface area contributed by atoms with Gasteiger partial charge in [0.15, 0.2) is 5.76 Å². The van der Waals surface area contributed by atoms with Gasteiger partial charge in [0.2, 0.25) is 11.6 Å². The first-order valence-electron chi connectivity index (χ1n) is 8.34. The van der Waals surface area contributed by atoms with E-state index in [0.29, 0.717) is 12.2 Å². The predicted molar refractivity (Wildman–Crippen MR) is 94.2 cm³/mol. The van der Waals surface area contributed by atoms with Gasteiger partial charge in [0.05, 0.1) is 0 Å². The molecule has 0 spiro atoms. The Kier molecular flexibility index (Phi) is 5.22. The molecule has 2 aromatic heterocycles. The maximum atomic E-state index is 13.6.